The van der Waals surface area contributed by atoms with E-state index in [1.54, 1.807) is 14.1 Å². The van der Waals surface area contributed by atoms with Gasteiger partial charge in [-0.15, -0.1) is 0 Å². The molecular formula is C24H44CaN2O8S2. The number of likely N-dealkylation sites (N-methyl/N-ethyl adjacent to an activating group) is 2. The van der Waals surface area contributed by atoms with Gasteiger partial charge in [-0.2, -0.15) is 0 Å². The summed E-state index contributed by atoms with van der Waals surface area (Å²) in [4.78, 5) is 25.9. The predicted octanol–water partition coefficient (Wildman–Crippen LogP) is 2.65. The molecule has 0 spiro atoms. The van der Waals surface area contributed by atoms with Gasteiger partial charge in [-0.05, 0) is 50.7 Å². The van der Waals surface area contributed by atoms with E-state index in [2.05, 4.69) is 13.8 Å². The summed E-state index contributed by atoms with van der Waals surface area (Å²) in [5.74, 6) is -1.17. The summed E-state index contributed by atoms with van der Waals surface area (Å²) in [5, 5.41) is 0. The van der Waals surface area contributed by atoms with E-state index in [0.29, 0.717) is 0 Å². The molecule has 0 aromatic rings. The van der Waals surface area contributed by atoms with Crippen LogP contribution >= 0.6 is 0 Å². The van der Waals surface area contributed by atoms with Crippen LogP contribution in [0.3, 0.4) is 0 Å². The molecule has 0 aromatic heterocycles. The standard InChI is InChI=1S/2C12H23NO4S.Ca/c2*1-3-4-5-6-7-9-12(14)13(2)10-8-11-18(15,16)17;/h2*7,9H,3-6,8,10-11H2,1-2H3,(H,15,16,17);/q;;+2/p-2/b2*9-7+;. The number of rotatable bonds is 18. The van der Waals surface area contributed by atoms with Crippen molar-refractivity contribution in [3.63, 3.8) is 0 Å². The zero-order valence-electron chi connectivity index (χ0n) is 22.9. The van der Waals surface area contributed by atoms with E-state index >= 15 is 0 Å². The first kappa shape index (κ1) is 41.0. The molecule has 0 saturated heterocycles. The van der Waals surface area contributed by atoms with E-state index in [-0.39, 0.29) is 75.5 Å². The second-order valence-corrected chi connectivity index (χ2v) is 11.6. The molecule has 0 rings (SSSR count). The van der Waals surface area contributed by atoms with Gasteiger partial charge in [0, 0.05) is 38.7 Å². The van der Waals surface area contributed by atoms with Crippen LogP contribution in [0.2, 0.25) is 0 Å². The molecule has 0 N–H and O–H groups in total. The van der Waals surface area contributed by atoms with Crippen LogP contribution in [0, 0.1) is 0 Å². The Morgan fingerprint density at radius 1 is 0.649 bits per heavy atom. The number of unbranched alkanes of at least 4 members (excludes halogenated alkanes) is 6. The van der Waals surface area contributed by atoms with Crippen molar-refractivity contribution in [2.24, 2.45) is 0 Å². The molecule has 0 aromatic carbocycles. The summed E-state index contributed by atoms with van der Waals surface area (Å²) in [6.07, 6.45) is 15.5. The van der Waals surface area contributed by atoms with Crippen molar-refractivity contribution < 1.29 is 35.5 Å². The van der Waals surface area contributed by atoms with Gasteiger partial charge >= 0.3 is 37.7 Å². The maximum Gasteiger partial charge on any atom is 2.00 e. The second-order valence-electron chi connectivity index (χ2n) is 8.55. The van der Waals surface area contributed by atoms with Crippen molar-refractivity contribution in [3.8, 4) is 0 Å². The second kappa shape index (κ2) is 24.5. The minimum absolute atomic E-state index is 0. The molecular weight excluding hydrogens is 548 g/mol. The molecule has 0 radical (unpaired) electrons. The van der Waals surface area contributed by atoms with Crippen LogP contribution in [0.1, 0.15) is 78.1 Å². The number of hydrogen-bond donors (Lipinski definition) is 0. The normalized spacial score (nSPS) is 11.6. The fourth-order valence-corrected chi connectivity index (χ4v) is 3.79. The minimum atomic E-state index is -4.18. The van der Waals surface area contributed by atoms with Crippen LogP contribution in [0.25, 0.3) is 0 Å². The summed E-state index contributed by atoms with van der Waals surface area (Å²) in [6, 6.07) is 0. The minimum Gasteiger partial charge on any atom is -0.748 e. The van der Waals surface area contributed by atoms with Crippen LogP contribution in [0.5, 0.6) is 0 Å². The van der Waals surface area contributed by atoms with E-state index < -0.39 is 31.7 Å². The predicted molar refractivity (Wildman–Crippen MR) is 146 cm³/mol. The summed E-state index contributed by atoms with van der Waals surface area (Å²) in [7, 11) is -5.17. The first-order valence-corrected chi connectivity index (χ1v) is 15.6. The monoisotopic (exact) mass is 592 g/mol. The molecule has 0 aliphatic carbocycles. The Bertz CT molecular complexity index is 803. The number of carbonyl (C=O) groups excluding carboxylic acids is 2. The SMILES string of the molecule is CCCCC/C=C/C(=O)N(C)CCCS(=O)(=O)[O-].CCCCC/C=C/C(=O)N(C)CCCS(=O)(=O)[O-].[Ca+2]. The number of carbonyl (C=O) groups is 2. The van der Waals surface area contributed by atoms with E-state index in [9.17, 15) is 35.5 Å². The third-order valence-electron chi connectivity index (χ3n) is 5.00. The first-order valence-electron chi connectivity index (χ1n) is 12.4. The number of allylic oxidation sites excluding steroid dienone is 2. The van der Waals surface area contributed by atoms with Crippen molar-refractivity contribution in [2.45, 2.75) is 78.1 Å². The Morgan fingerprint density at radius 3 is 1.24 bits per heavy atom. The maximum atomic E-state index is 11.5. The van der Waals surface area contributed by atoms with E-state index in [4.69, 9.17) is 0 Å². The van der Waals surface area contributed by atoms with Gasteiger partial charge in [-0.25, -0.2) is 16.8 Å². The number of nitrogens with zero attached hydrogens (tertiary/aromatic N) is 2. The van der Waals surface area contributed by atoms with Gasteiger partial charge in [0.05, 0.1) is 20.2 Å². The fraction of sp³-hybridized carbons (Fsp3) is 0.750. The molecule has 2 amide bonds. The molecule has 0 aliphatic rings. The van der Waals surface area contributed by atoms with Crippen LogP contribution in [0.15, 0.2) is 24.3 Å². The largest absolute Gasteiger partial charge is 2.00 e. The van der Waals surface area contributed by atoms with Crippen molar-refractivity contribution >= 4 is 69.8 Å². The molecule has 0 unspecified atom stereocenters. The Hall–Kier alpha value is -0.500. The van der Waals surface area contributed by atoms with Gasteiger partial charge in [-0.3, -0.25) is 9.59 Å². The summed E-state index contributed by atoms with van der Waals surface area (Å²) < 4.78 is 62.3. The van der Waals surface area contributed by atoms with Crippen molar-refractivity contribution in [2.75, 3.05) is 38.7 Å². The summed E-state index contributed by atoms with van der Waals surface area (Å²) in [5.41, 5.74) is 0. The quantitative estimate of drug-likeness (QED) is 0.102. The topological polar surface area (TPSA) is 155 Å². The Morgan fingerprint density at radius 2 is 0.973 bits per heavy atom. The maximum absolute atomic E-state index is 11.5. The zero-order valence-corrected chi connectivity index (χ0v) is 26.7. The summed E-state index contributed by atoms with van der Waals surface area (Å²) in [6.45, 7) is 4.79. The Labute approximate surface area is 254 Å². The molecule has 0 aliphatic heterocycles. The third kappa shape index (κ3) is 31.6. The van der Waals surface area contributed by atoms with Crippen molar-refractivity contribution in [1.29, 1.82) is 0 Å². The third-order valence-corrected chi connectivity index (χ3v) is 6.58. The molecule has 37 heavy (non-hydrogen) atoms. The smallest absolute Gasteiger partial charge is 0.748 e. The fourth-order valence-electron chi connectivity index (χ4n) is 2.82. The van der Waals surface area contributed by atoms with Crippen LogP contribution < -0.4 is 0 Å². The number of amides is 2. The molecule has 10 nitrogen and oxygen atoms in total. The van der Waals surface area contributed by atoms with Crippen LogP contribution in [-0.4, -0.2) is 124 Å². The molecule has 0 atom stereocenters. The molecule has 0 heterocycles. The summed E-state index contributed by atoms with van der Waals surface area (Å²) >= 11 is 0. The molecule has 13 heteroatoms. The zero-order chi connectivity index (χ0) is 28.0. The van der Waals surface area contributed by atoms with Gasteiger partial charge in [0.15, 0.2) is 0 Å². The van der Waals surface area contributed by atoms with Gasteiger partial charge < -0.3 is 18.9 Å². The van der Waals surface area contributed by atoms with Crippen LogP contribution in [-0.2, 0) is 29.8 Å². The molecule has 0 saturated carbocycles. The van der Waals surface area contributed by atoms with Gasteiger partial charge in [-0.1, -0.05) is 51.7 Å². The van der Waals surface area contributed by atoms with E-state index in [1.165, 1.54) is 22.0 Å². The van der Waals surface area contributed by atoms with Gasteiger partial charge in [0.1, 0.15) is 0 Å². The molecule has 0 bridgehead atoms. The van der Waals surface area contributed by atoms with E-state index in [0.717, 1.165) is 51.4 Å². The van der Waals surface area contributed by atoms with Gasteiger partial charge in [0.2, 0.25) is 11.8 Å². The van der Waals surface area contributed by atoms with E-state index in [1.807, 2.05) is 12.2 Å². The molecule has 0 fully saturated rings. The van der Waals surface area contributed by atoms with Gasteiger partial charge in [0.25, 0.3) is 0 Å². The molecule has 212 valence electrons. The van der Waals surface area contributed by atoms with Crippen molar-refractivity contribution in [1.82, 2.24) is 9.80 Å². The van der Waals surface area contributed by atoms with Crippen molar-refractivity contribution in [3.05, 3.63) is 24.3 Å². The number of hydrogen-bond acceptors (Lipinski definition) is 8. The average molecular weight is 593 g/mol. The first-order chi connectivity index (χ1) is 16.7. The Kier molecular flexibility index (Phi) is 27.2. The van der Waals surface area contributed by atoms with Crippen LogP contribution in [0.4, 0.5) is 0 Å². The Balaban J connectivity index is -0.000000608. The average Bonchev–Trinajstić information content (AvgIpc) is 2.77.